The maximum Gasteiger partial charge on any atom is 0.0487 e. The SMILES string of the molecule is C/C(=C/Cl)CNc1ccccc1Br. The van der Waals surface area contributed by atoms with Crippen molar-refractivity contribution in [3.05, 3.63) is 39.8 Å². The largest absolute Gasteiger partial charge is 0.380 e. The topological polar surface area (TPSA) is 12.0 Å². The second-order valence-electron chi connectivity index (χ2n) is 2.79. The van der Waals surface area contributed by atoms with Crippen LogP contribution < -0.4 is 5.32 Å². The van der Waals surface area contributed by atoms with Gasteiger partial charge in [-0.05, 0) is 40.6 Å². The van der Waals surface area contributed by atoms with Gasteiger partial charge in [0.1, 0.15) is 0 Å². The van der Waals surface area contributed by atoms with E-state index < -0.39 is 0 Å². The standard InChI is InChI=1S/C10H11BrClN/c1-8(6-12)7-13-10-5-3-2-4-9(10)11/h2-6,13H,7H2,1H3/b8-6-. The third kappa shape index (κ3) is 3.41. The second kappa shape index (κ2) is 5.30. The highest BCUT2D eigenvalue weighted by molar-refractivity contribution is 9.10. The molecule has 0 aromatic heterocycles. The van der Waals surface area contributed by atoms with E-state index in [1.807, 2.05) is 31.2 Å². The van der Waals surface area contributed by atoms with Crippen molar-refractivity contribution in [3.63, 3.8) is 0 Å². The van der Waals surface area contributed by atoms with Gasteiger partial charge in [0.05, 0.1) is 0 Å². The van der Waals surface area contributed by atoms with Crippen molar-refractivity contribution in [1.82, 2.24) is 0 Å². The van der Waals surface area contributed by atoms with Gasteiger partial charge in [-0.15, -0.1) is 0 Å². The molecule has 1 aromatic rings. The molecule has 0 aliphatic rings. The molecule has 0 saturated heterocycles. The van der Waals surface area contributed by atoms with E-state index in [0.717, 1.165) is 22.3 Å². The minimum Gasteiger partial charge on any atom is -0.380 e. The fourth-order valence-corrected chi connectivity index (χ4v) is 1.38. The molecule has 0 aliphatic carbocycles. The van der Waals surface area contributed by atoms with Gasteiger partial charge >= 0.3 is 0 Å². The Bertz CT molecular complexity index is 310. The number of rotatable bonds is 3. The highest BCUT2D eigenvalue weighted by atomic mass is 79.9. The predicted octanol–water partition coefficient (Wildman–Crippen LogP) is 4.00. The number of hydrogen-bond acceptors (Lipinski definition) is 1. The molecule has 1 nitrogen and oxygen atoms in total. The molecule has 70 valence electrons. The summed E-state index contributed by atoms with van der Waals surface area (Å²) in [5.74, 6) is 0. The van der Waals surface area contributed by atoms with Crippen molar-refractivity contribution >= 4 is 33.2 Å². The minimum atomic E-state index is 0.770. The van der Waals surface area contributed by atoms with Crippen LogP contribution in [0.5, 0.6) is 0 Å². The van der Waals surface area contributed by atoms with Gasteiger partial charge < -0.3 is 5.32 Å². The van der Waals surface area contributed by atoms with Crippen LogP contribution in [0, 0.1) is 0 Å². The molecule has 1 aromatic carbocycles. The lowest BCUT2D eigenvalue weighted by molar-refractivity contribution is 1.21. The van der Waals surface area contributed by atoms with Crippen molar-refractivity contribution < 1.29 is 0 Å². The van der Waals surface area contributed by atoms with Crippen LogP contribution in [0.15, 0.2) is 39.8 Å². The fraction of sp³-hybridized carbons (Fsp3) is 0.200. The first-order valence-electron chi connectivity index (χ1n) is 3.98. The molecular formula is C10H11BrClN. The molecule has 0 bridgehead atoms. The van der Waals surface area contributed by atoms with Crippen LogP contribution in [0.4, 0.5) is 5.69 Å². The highest BCUT2D eigenvalue weighted by Crippen LogP contribution is 2.21. The minimum absolute atomic E-state index is 0.770. The molecule has 0 fully saturated rings. The molecule has 0 radical (unpaired) electrons. The second-order valence-corrected chi connectivity index (χ2v) is 3.86. The van der Waals surface area contributed by atoms with Crippen LogP contribution in [0.3, 0.4) is 0 Å². The summed E-state index contributed by atoms with van der Waals surface area (Å²) >= 11 is 9.00. The first kappa shape index (κ1) is 10.6. The van der Waals surface area contributed by atoms with E-state index in [-0.39, 0.29) is 0 Å². The fourth-order valence-electron chi connectivity index (χ4n) is 0.878. The number of para-hydroxylation sites is 1. The van der Waals surface area contributed by atoms with Gasteiger partial charge in [0.25, 0.3) is 0 Å². The summed E-state index contributed by atoms with van der Waals surface area (Å²) in [7, 11) is 0. The Kier molecular flexibility index (Phi) is 4.33. The molecule has 0 saturated carbocycles. The highest BCUT2D eigenvalue weighted by Gasteiger charge is 1.96. The zero-order valence-electron chi connectivity index (χ0n) is 7.35. The number of nitrogens with one attached hydrogen (secondary N) is 1. The molecule has 3 heteroatoms. The zero-order valence-corrected chi connectivity index (χ0v) is 9.69. The summed E-state index contributed by atoms with van der Waals surface area (Å²) in [5, 5.41) is 3.26. The Balaban J connectivity index is 2.60. The third-order valence-electron chi connectivity index (χ3n) is 1.62. The lowest BCUT2D eigenvalue weighted by Crippen LogP contribution is -2.02. The maximum atomic E-state index is 5.54. The van der Waals surface area contributed by atoms with Crippen LogP contribution in [-0.4, -0.2) is 6.54 Å². The van der Waals surface area contributed by atoms with Crippen LogP contribution in [0.1, 0.15) is 6.92 Å². The lowest BCUT2D eigenvalue weighted by Gasteiger charge is -2.07. The predicted molar refractivity (Wildman–Crippen MR) is 62.2 cm³/mol. The Morgan fingerprint density at radius 3 is 2.85 bits per heavy atom. The molecule has 0 amide bonds. The van der Waals surface area contributed by atoms with Gasteiger partial charge in [0.2, 0.25) is 0 Å². The van der Waals surface area contributed by atoms with Gasteiger partial charge in [0, 0.05) is 22.2 Å². The molecular weight excluding hydrogens is 249 g/mol. The smallest absolute Gasteiger partial charge is 0.0487 e. The molecule has 1 rings (SSSR count). The molecule has 0 atom stereocenters. The van der Waals surface area contributed by atoms with Gasteiger partial charge in [-0.2, -0.15) is 0 Å². The summed E-state index contributed by atoms with van der Waals surface area (Å²) in [4.78, 5) is 0. The molecule has 0 spiro atoms. The Morgan fingerprint density at radius 2 is 2.23 bits per heavy atom. The summed E-state index contributed by atoms with van der Waals surface area (Å²) in [6.45, 7) is 2.75. The first-order valence-corrected chi connectivity index (χ1v) is 5.21. The van der Waals surface area contributed by atoms with Crippen LogP contribution in [0.25, 0.3) is 0 Å². The van der Waals surface area contributed by atoms with E-state index in [1.165, 1.54) is 0 Å². The van der Waals surface area contributed by atoms with Gasteiger partial charge in [-0.1, -0.05) is 23.7 Å². The quantitative estimate of drug-likeness (QED) is 0.866. The van der Waals surface area contributed by atoms with Gasteiger partial charge in [-0.3, -0.25) is 0 Å². The van der Waals surface area contributed by atoms with E-state index in [2.05, 4.69) is 21.2 Å². The molecule has 0 unspecified atom stereocenters. The maximum absolute atomic E-state index is 5.54. The van der Waals surface area contributed by atoms with Crippen molar-refractivity contribution in [3.8, 4) is 0 Å². The Hall–Kier alpha value is -0.470. The molecule has 13 heavy (non-hydrogen) atoms. The Labute approximate surface area is 91.9 Å². The number of anilines is 1. The summed E-state index contributed by atoms with van der Waals surface area (Å²) in [6.07, 6.45) is 0. The van der Waals surface area contributed by atoms with Gasteiger partial charge in [0.15, 0.2) is 0 Å². The average molecular weight is 261 g/mol. The normalized spacial score (nSPS) is 11.5. The lowest BCUT2D eigenvalue weighted by atomic mass is 10.3. The molecule has 0 heterocycles. The van der Waals surface area contributed by atoms with Crippen LogP contribution in [0.2, 0.25) is 0 Å². The van der Waals surface area contributed by atoms with E-state index in [1.54, 1.807) is 5.54 Å². The van der Waals surface area contributed by atoms with Gasteiger partial charge in [-0.25, -0.2) is 0 Å². The van der Waals surface area contributed by atoms with Crippen LogP contribution >= 0.6 is 27.5 Å². The number of hydrogen-bond donors (Lipinski definition) is 1. The van der Waals surface area contributed by atoms with E-state index in [4.69, 9.17) is 11.6 Å². The Morgan fingerprint density at radius 1 is 1.54 bits per heavy atom. The van der Waals surface area contributed by atoms with Crippen molar-refractivity contribution in [1.29, 1.82) is 0 Å². The van der Waals surface area contributed by atoms with Crippen molar-refractivity contribution in [2.24, 2.45) is 0 Å². The summed E-state index contributed by atoms with van der Waals surface area (Å²) in [6, 6.07) is 8.00. The van der Waals surface area contributed by atoms with Crippen molar-refractivity contribution in [2.75, 3.05) is 11.9 Å². The zero-order chi connectivity index (χ0) is 9.68. The monoisotopic (exact) mass is 259 g/mol. The van der Waals surface area contributed by atoms with E-state index >= 15 is 0 Å². The van der Waals surface area contributed by atoms with E-state index in [0.29, 0.717) is 0 Å². The number of benzene rings is 1. The van der Waals surface area contributed by atoms with Crippen molar-refractivity contribution in [2.45, 2.75) is 6.92 Å². The summed E-state index contributed by atoms with van der Waals surface area (Å²) < 4.78 is 1.07. The summed E-state index contributed by atoms with van der Waals surface area (Å²) in [5.41, 5.74) is 3.78. The van der Waals surface area contributed by atoms with E-state index in [9.17, 15) is 0 Å². The van der Waals surface area contributed by atoms with Crippen LogP contribution in [-0.2, 0) is 0 Å². The molecule has 0 aliphatic heterocycles. The molecule has 1 N–H and O–H groups in total. The first-order chi connectivity index (χ1) is 6.24. The third-order valence-corrected chi connectivity index (χ3v) is 2.68. The average Bonchev–Trinajstić information content (AvgIpc) is 2.16. The number of halogens is 2.